The van der Waals surface area contributed by atoms with Gasteiger partial charge in [-0.25, -0.2) is 9.97 Å². The second-order valence-electron chi connectivity index (χ2n) is 8.66. The third-order valence-corrected chi connectivity index (χ3v) is 7.03. The lowest BCUT2D eigenvalue weighted by molar-refractivity contribution is 0.101. The van der Waals surface area contributed by atoms with Crippen LogP contribution in [0.15, 0.2) is 66.3 Å². The highest BCUT2D eigenvalue weighted by Crippen LogP contribution is 2.37. The summed E-state index contributed by atoms with van der Waals surface area (Å²) in [6, 6.07) is 14.7. The number of rotatable bonds is 7. The van der Waals surface area contributed by atoms with Gasteiger partial charge in [0, 0.05) is 36.6 Å². The Bertz CT molecular complexity index is 1320. The summed E-state index contributed by atoms with van der Waals surface area (Å²) >= 11 is 1.41. The van der Waals surface area contributed by atoms with Crippen molar-refractivity contribution in [1.82, 2.24) is 14.5 Å². The van der Waals surface area contributed by atoms with E-state index in [4.69, 9.17) is 4.98 Å². The van der Waals surface area contributed by atoms with Crippen LogP contribution in [0.4, 0.5) is 15.2 Å². The number of carbonyl (C=O) groups is 1. The summed E-state index contributed by atoms with van der Waals surface area (Å²) in [5.74, 6) is -0.807. The lowest BCUT2D eigenvalue weighted by Crippen LogP contribution is -2.23. The molecule has 9 heteroatoms. The van der Waals surface area contributed by atoms with Gasteiger partial charge in [0.15, 0.2) is 5.13 Å². The predicted molar refractivity (Wildman–Crippen MR) is 134 cm³/mol. The third kappa shape index (κ3) is 5.11. The average molecular weight is 492 g/mol. The van der Waals surface area contributed by atoms with Crippen molar-refractivity contribution in [2.75, 3.05) is 16.8 Å². The largest absolute Gasteiger partial charge is 0.389 e. The molecule has 4 aromatic rings. The zero-order valence-electron chi connectivity index (χ0n) is 19.3. The Morgan fingerprint density at radius 3 is 2.89 bits per heavy atom. The smallest absolute Gasteiger partial charge is 0.274 e. The molecule has 1 aliphatic heterocycles. The summed E-state index contributed by atoms with van der Waals surface area (Å²) in [6.07, 6.45) is 4.76. The number of hydrogen-bond acceptors (Lipinski definition) is 6. The van der Waals surface area contributed by atoms with E-state index in [9.17, 15) is 14.3 Å². The summed E-state index contributed by atoms with van der Waals surface area (Å²) in [6.45, 7) is 3.05. The first-order valence-corrected chi connectivity index (χ1v) is 12.4. The van der Waals surface area contributed by atoms with Gasteiger partial charge in [-0.2, -0.15) is 4.39 Å². The number of nitrogens with zero attached hydrogens (tertiary/aromatic N) is 4. The molecule has 5 rings (SSSR count). The van der Waals surface area contributed by atoms with Gasteiger partial charge in [-0.1, -0.05) is 12.1 Å². The van der Waals surface area contributed by atoms with Crippen LogP contribution < -0.4 is 10.2 Å². The van der Waals surface area contributed by atoms with Crippen molar-refractivity contribution in [2.24, 2.45) is 0 Å². The van der Waals surface area contributed by atoms with Crippen LogP contribution >= 0.6 is 11.3 Å². The van der Waals surface area contributed by atoms with Crippen LogP contribution in [-0.4, -0.2) is 32.1 Å². The molecule has 1 aliphatic rings. The number of pyridine rings is 1. The molecule has 7 nitrogen and oxygen atoms in total. The summed E-state index contributed by atoms with van der Waals surface area (Å²) in [5.41, 5.74) is 4.12. The van der Waals surface area contributed by atoms with Crippen LogP contribution in [0.5, 0.6) is 0 Å². The third-order valence-electron chi connectivity index (χ3n) is 6.25. The first-order valence-electron chi connectivity index (χ1n) is 11.5. The maximum Gasteiger partial charge on any atom is 0.274 e. The highest BCUT2D eigenvalue weighted by atomic mass is 32.1. The number of halogens is 1. The number of aliphatic hydroxyl groups is 1. The van der Waals surface area contributed by atoms with E-state index in [0.29, 0.717) is 17.4 Å². The molecule has 0 radical (unpaired) electrons. The molecule has 1 fully saturated rings. The summed E-state index contributed by atoms with van der Waals surface area (Å²) in [7, 11) is 0. The van der Waals surface area contributed by atoms with Crippen molar-refractivity contribution in [3.8, 4) is 0 Å². The second-order valence-corrected chi connectivity index (χ2v) is 9.52. The fraction of sp³-hybridized carbons (Fsp3) is 0.269. The van der Waals surface area contributed by atoms with E-state index in [1.807, 2.05) is 29.6 Å². The lowest BCUT2D eigenvalue weighted by atomic mass is 10.1. The summed E-state index contributed by atoms with van der Waals surface area (Å²) < 4.78 is 15.2. The van der Waals surface area contributed by atoms with E-state index in [2.05, 4.69) is 15.2 Å². The van der Waals surface area contributed by atoms with Crippen molar-refractivity contribution < 1.29 is 14.3 Å². The number of carbonyl (C=O) groups excluding carboxylic acids is 1. The van der Waals surface area contributed by atoms with Gasteiger partial charge in [0.25, 0.3) is 5.91 Å². The van der Waals surface area contributed by atoms with E-state index in [1.54, 1.807) is 35.9 Å². The Labute approximate surface area is 206 Å². The first kappa shape index (κ1) is 23.2. The van der Waals surface area contributed by atoms with Crippen molar-refractivity contribution in [2.45, 2.75) is 38.5 Å². The van der Waals surface area contributed by atoms with Crippen LogP contribution in [0.1, 0.15) is 59.2 Å². The Kier molecular flexibility index (Phi) is 6.61. The van der Waals surface area contributed by atoms with Gasteiger partial charge in [0.05, 0.1) is 17.8 Å². The molecule has 2 N–H and O–H groups in total. The highest BCUT2D eigenvalue weighted by Gasteiger charge is 2.28. The molecular formula is C26H26FN5O2S. The van der Waals surface area contributed by atoms with Crippen LogP contribution in [0, 0.1) is 5.95 Å². The Morgan fingerprint density at radius 2 is 2.11 bits per heavy atom. The number of aliphatic hydroxyl groups excluding tert-OH is 1. The maximum absolute atomic E-state index is 13.4. The standard InChI is InChI=1S/C26H26FN5O2S/c1-17(33)19-6-8-20(9-7-19)32-13-3-4-22(32)21-16-35-26(29-21)30-25(34)23-5-2-12-31(23)15-18-10-11-28-24(27)14-18/h2,5-12,14,16-17,22,33H,3-4,13,15H2,1H3,(H,29,30,34)/t17?,22-/m1/s1. The Balaban J connectivity index is 1.28. The fourth-order valence-electron chi connectivity index (χ4n) is 4.48. The molecule has 4 heterocycles. The van der Waals surface area contributed by atoms with Crippen molar-refractivity contribution >= 4 is 28.1 Å². The van der Waals surface area contributed by atoms with Crippen LogP contribution in [0.25, 0.3) is 0 Å². The molecule has 1 unspecified atom stereocenters. The second kappa shape index (κ2) is 9.97. The number of amides is 1. The van der Waals surface area contributed by atoms with Crippen molar-refractivity contribution in [3.63, 3.8) is 0 Å². The molecular weight excluding hydrogens is 465 g/mol. The number of thiazole rings is 1. The number of nitrogens with one attached hydrogen (secondary N) is 1. The van der Waals surface area contributed by atoms with Gasteiger partial charge < -0.3 is 14.6 Å². The zero-order valence-corrected chi connectivity index (χ0v) is 20.1. The van der Waals surface area contributed by atoms with Gasteiger partial charge in [0.2, 0.25) is 5.95 Å². The zero-order chi connectivity index (χ0) is 24.4. The minimum Gasteiger partial charge on any atom is -0.389 e. The minimum atomic E-state index is -0.546. The van der Waals surface area contributed by atoms with Gasteiger partial charge >= 0.3 is 0 Å². The number of benzene rings is 1. The average Bonchev–Trinajstić information content (AvgIpc) is 3.60. The number of anilines is 2. The molecule has 0 aliphatic carbocycles. The Morgan fingerprint density at radius 1 is 1.29 bits per heavy atom. The molecule has 1 amide bonds. The fourth-order valence-corrected chi connectivity index (χ4v) is 5.23. The van der Waals surface area contributed by atoms with Gasteiger partial charge in [-0.3, -0.25) is 10.1 Å². The van der Waals surface area contributed by atoms with Crippen molar-refractivity contribution in [1.29, 1.82) is 0 Å². The molecule has 0 spiro atoms. The minimum absolute atomic E-state index is 0.139. The molecule has 0 bridgehead atoms. The van der Waals surface area contributed by atoms with Gasteiger partial charge in [-0.05, 0) is 67.3 Å². The molecule has 1 aromatic carbocycles. The summed E-state index contributed by atoms with van der Waals surface area (Å²) in [5, 5.41) is 15.2. The lowest BCUT2D eigenvalue weighted by Gasteiger charge is -2.26. The predicted octanol–water partition coefficient (Wildman–Crippen LogP) is 5.17. The maximum atomic E-state index is 13.4. The molecule has 3 aromatic heterocycles. The molecule has 35 heavy (non-hydrogen) atoms. The van der Waals surface area contributed by atoms with Gasteiger partial charge in [-0.15, -0.1) is 11.3 Å². The Hall–Kier alpha value is -3.56. The first-order chi connectivity index (χ1) is 17.0. The van der Waals surface area contributed by atoms with E-state index in [-0.39, 0.29) is 11.9 Å². The van der Waals surface area contributed by atoms with Crippen LogP contribution in [0.2, 0.25) is 0 Å². The van der Waals surface area contributed by atoms with Crippen LogP contribution in [-0.2, 0) is 6.54 Å². The van der Waals surface area contributed by atoms with Crippen LogP contribution in [0.3, 0.4) is 0 Å². The molecule has 180 valence electrons. The molecule has 2 atom stereocenters. The van der Waals surface area contributed by atoms with E-state index in [0.717, 1.165) is 41.9 Å². The SMILES string of the molecule is CC(O)c1ccc(N2CCC[C@@H]2c2csc(NC(=O)c3cccn3Cc3ccnc(F)c3)n2)cc1. The van der Waals surface area contributed by atoms with Gasteiger partial charge in [0.1, 0.15) is 5.69 Å². The normalized spacial score (nSPS) is 16.4. The topological polar surface area (TPSA) is 83.3 Å². The number of hydrogen-bond donors (Lipinski definition) is 2. The van der Waals surface area contributed by atoms with E-state index in [1.165, 1.54) is 23.6 Å². The number of aromatic nitrogens is 3. The monoisotopic (exact) mass is 491 g/mol. The molecule has 1 saturated heterocycles. The highest BCUT2D eigenvalue weighted by molar-refractivity contribution is 7.14. The van der Waals surface area contributed by atoms with E-state index >= 15 is 0 Å². The van der Waals surface area contributed by atoms with E-state index < -0.39 is 12.1 Å². The summed E-state index contributed by atoms with van der Waals surface area (Å²) in [4.78, 5) is 23.6. The quantitative estimate of drug-likeness (QED) is 0.348. The van der Waals surface area contributed by atoms with Crippen molar-refractivity contribution in [3.05, 3.63) is 94.8 Å². The molecule has 0 saturated carbocycles.